The van der Waals surface area contributed by atoms with Gasteiger partial charge in [0.25, 0.3) is 5.91 Å². The Morgan fingerprint density at radius 2 is 1.88 bits per heavy atom. The molecule has 7 nitrogen and oxygen atoms in total. The van der Waals surface area contributed by atoms with Crippen LogP contribution in [0.2, 0.25) is 0 Å². The van der Waals surface area contributed by atoms with Crippen LogP contribution in [0.3, 0.4) is 0 Å². The van der Waals surface area contributed by atoms with E-state index in [4.69, 9.17) is 4.74 Å². The van der Waals surface area contributed by atoms with Gasteiger partial charge in [0, 0.05) is 48.4 Å². The van der Waals surface area contributed by atoms with E-state index in [1.807, 2.05) is 64.8 Å². The van der Waals surface area contributed by atoms with Crippen LogP contribution in [0.4, 0.5) is 0 Å². The van der Waals surface area contributed by atoms with Crippen LogP contribution in [-0.4, -0.2) is 51.8 Å². The standard InChI is InChI=1S/C26H27N5O2S/c1-33-24-10-6-5-7-19(24)16-30-13-11-21(12-14-30)28-25(32)23-18-34-26(29-23)20-15-27-31(17-20)22-8-3-2-4-9-22/h2-10,15,17-18,21H,11-14,16H2,1H3,(H,28,32). The number of amides is 1. The summed E-state index contributed by atoms with van der Waals surface area (Å²) in [5.74, 6) is 0.813. The number of thiazole rings is 1. The van der Waals surface area contributed by atoms with Gasteiger partial charge < -0.3 is 10.1 Å². The predicted octanol–water partition coefficient (Wildman–Crippen LogP) is 4.40. The molecule has 5 rings (SSSR count). The summed E-state index contributed by atoms with van der Waals surface area (Å²) in [5.41, 5.74) is 3.54. The van der Waals surface area contributed by atoms with Crippen molar-refractivity contribution in [1.82, 2.24) is 25.0 Å². The van der Waals surface area contributed by atoms with Crippen molar-refractivity contribution in [2.24, 2.45) is 0 Å². The molecule has 0 saturated carbocycles. The van der Waals surface area contributed by atoms with Gasteiger partial charge in [-0.2, -0.15) is 5.10 Å². The number of hydrogen-bond donors (Lipinski definition) is 1. The molecule has 34 heavy (non-hydrogen) atoms. The molecule has 2 aromatic heterocycles. The second-order valence-corrected chi connectivity index (χ2v) is 9.24. The number of likely N-dealkylation sites (tertiary alicyclic amines) is 1. The molecule has 0 atom stereocenters. The third-order valence-corrected chi connectivity index (χ3v) is 6.99. The number of methoxy groups -OCH3 is 1. The first-order valence-electron chi connectivity index (χ1n) is 11.4. The lowest BCUT2D eigenvalue weighted by molar-refractivity contribution is 0.0904. The number of ether oxygens (including phenoxy) is 1. The summed E-state index contributed by atoms with van der Waals surface area (Å²) < 4.78 is 7.29. The van der Waals surface area contributed by atoms with Gasteiger partial charge in [-0.05, 0) is 31.0 Å². The fourth-order valence-electron chi connectivity index (χ4n) is 4.24. The summed E-state index contributed by atoms with van der Waals surface area (Å²) in [7, 11) is 1.71. The lowest BCUT2D eigenvalue weighted by Crippen LogP contribution is -2.44. The van der Waals surface area contributed by atoms with Crippen molar-refractivity contribution in [3.8, 4) is 22.0 Å². The number of para-hydroxylation sites is 2. The van der Waals surface area contributed by atoms with E-state index in [1.165, 1.54) is 16.9 Å². The molecule has 1 aliphatic rings. The lowest BCUT2D eigenvalue weighted by atomic mass is 10.0. The molecular weight excluding hydrogens is 446 g/mol. The van der Waals surface area contributed by atoms with Crippen LogP contribution in [-0.2, 0) is 6.54 Å². The lowest BCUT2D eigenvalue weighted by Gasteiger charge is -2.32. The number of nitrogens with one attached hydrogen (secondary N) is 1. The topological polar surface area (TPSA) is 72.3 Å². The van der Waals surface area contributed by atoms with E-state index < -0.39 is 0 Å². The predicted molar refractivity (Wildman–Crippen MR) is 133 cm³/mol. The van der Waals surface area contributed by atoms with Gasteiger partial charge in [0.1, 0.15) is 16.5 Å². The van der Waals surface area contributed by atoms with Crippen LogP contribution in [0.15, 0.2) is 72.4 Å². The highest BCUT2D eigenvalue weighted by Crippen LogP contribution is 2.25. The smallest absolute Gasteiger partial charge is 0.270 e. The Morgan fingerprint density at radius 3 is 2.68 bits per heavy atom. The maximum Gasteiger partial charge on any atom is 0.270 e. The fourth-order valence-corrected chi connectivity index (χ4v) is 5.01. The second-order valence-electron chi connectivity index (χ2n) is 8.38. The highest BCUT2D eigenvalue weighted by atomic mass is 32.1. The van der Waals surface area contributed by atoms with E-state index >= 15 is 0 Å². The molecule has 4 aromatic rings. The maximum atomic E-state index is 12.8. The highest BCUT2D eigenvalue weighted by molar-refractivity contribution is 7.13. The van der Waals surface area contributed by atoms with Crippen molar-refractivity contribution >= 4 is 17.2 Å². The van der Waals surface area contributed by atoms with Gasteiger partial charge in [-0.25, -0.2) is 9.67 Å². The molecule has 0 bridgehead atoms. The molecule has 8 heteroatoms. The van der Waals surface area contributed by atoms with Gasteiger partial charge >= 0.3 is 0 Å². The van der Waals surface area contributed by atoms with Gasteiger partial charge in [-0.1, -0.05) is 36.4 Å². The van der Waals surface area contributed by atoms with Gasteiger partial charge in [-0.3, -0.25) is 9.69 Å². The Bertz CT molecular complexity index is 1240. The third-order valence-electron chi connectivity index (χ3n) is 6.10. The zero-order chi connectivity index (χ0) is 23.3. The zero-order valence-electron chi connectivity index (χ0n) is 19.1. The van der Waals surface area contributed by atoms with E-state index in [-0.39, 0.29) is 11.9 Å². The van der Waals surface area contributed by atoms with Gasteiger partial charge in [-0.15, -0.1) is 11.3 Å². The summed E-state index contributed by atoms with van der Waals surface area (Å²) in [6.45, 7) is 2.73. The number of benzene rings is 2. The summed E-state index contributed by atoms with van der Waals surface area (Å²) >= 11 is 1.46. The molecule has 3 heterocycles. The SMILES string of the molecule is COc1ccccc1CN1CCC(NC(=O)c2csc(-c3cnn(-c4ccccc4)c3)n2)CC1. The minimum Gasteiger partial charge on any atom is -0.496 e. The molecule has 1 saturated heterocycles. The molecule has 0 aliphatic carbocycles. The second kappa shape index (κ2) is 10.2. The van der Waals surface area contributed by atoms with Crippen LogP contribution in [0.1, 0.15) is 28.9 Å². The normalized spacial score (nSPS) is 14.7. The number of carbonyl (C=O) groups is 1. The van der Waals surface area contributed by atoms with Crippen LogP contribution < -0.4 is 10.1 Å². The van der Waals surface area contributed by atoms with Crippen LogP contribution in [0, 0.1) is 0 Å². The monoisotopic (exact) mass is 473 g/mol. The molecule has 1 amide bonds. The molecule has 2 aromatic carbocycles. The van der Waals surface area contributed by atoms with E-state index in [1.54, 1.807) is 13.3 Å². The van der Waals surface area contributed by atoms with E-state index in [9.17, 15) is 4.79 Å². The number of carbonyl (C=O) groups excluding carboxylic acids is 1. The van der Waals surface area contributed by atoms with E-state index in [0.29, 0.717) is 5.69 Å². The summed E-state index contributed by atoms with van der Waals surface area (Å²) in [5, 5.41) is 10.2. The first kappa shape index (κ1) is 22.3. The quantitative estimate of drug-likeness (QED) is 0.431. The molecule has 1 aliphatic heterocycles. The van der Waals surface area contributed by atoms with Crippen molar-refractivity contribution in [2.75, 3.05) is 20.2 Å². The largest absolute Gasteiger partial charge is 0.496 e. The van der Waals surface area contributed by atoms with Crippen molar-refractivity contribution in [1.29, 1.82) is 0 Å². The highest BCUT2D eigenvalue weighted by Gasteiger charge is 2.23. The van der Waals surface area contributed by atoms with Gasteiger partial charge in [0.2, 0.25) is 0 Å². The summed E-state index contributed by atoms with van der Waals surface area (Å²) in [6.07, 6.45) is 5.56. The Hall–Kier alpha value is -3.49. The Labute approximate surface area is 203 Å². The average Bonchev–Trinajstić information content (AvgIpc) is 3.56. The first-order chi connectivity index (χ1) is 16.7. The minimum absolute atomic E-state index is 0.110. The van der Waals surface area contributed by atoms with E-state index in [2.05, 4.69) is 26.4 Å². The Kier molecular flexibility index (Phi) is 6.69. The number of nitrogens with zero attached hydrogens (tertiary/aromatic N) is 4. The fraction of sp³-hybridized carbons (Fsp3) is 0.269. The molecule has 0 unspecified atom stereocenters. The van der Waals surface area contributed by atoms with Crippen molar-refractivity contribution in [3.63, 3.8) is 0 Å². The van der Waals surface area contributed by atoms with Crippen molar-refractivity contribution in [2.45, 2.75) is 25.4 Å². The average molecular weight is 474 g/mol. The zero-order valence-corrected chi connectivity index (χ0v) is 19.9. The Balaban J connectivity index is 1.15. The van der Waals surface area contributed by atoms with Crippen LogP contribution in [0.25, 0.3) is 16.3 Å². The molecular formula is C26H27N5O2S. The van der Waals surface area contributed by atoms with Crippen molar-refractivity contribution in [3.05, 3.63) is 83.6 Å². The molecule has 1 fully saturated rings. The van der Waals surface area contributed by atoms with E-state index in [0.717, 1.165) is 54.5 Å². The van der Waals surface area contributed by atoms with Crippen LogP contribution in [0.5, 0.6) is 5.75 Å². The number of hydrogen-bond acceptors (Lipinski definition) is 6. The van der Waals surface area contributed by atoms with Gasteiger partial charge in [0.05, 0.1) is 19.0 Å². The molecule has 0 radical (unpaired) electrons. The first-order valence-corrected chi connectivity index (χ1v) is 12.3. The van der Waals surface area contributed by atoms with Crippen molar-refractivity contribution < 1.29 is 9.53 Å². The summed E-state index contributed by atoms with van der Waals surface area (Å²) in [4.78, 5) is 19.8. The number of rotatable bonds is 7. The molecule has 174 valence electrons. The number of aromatic nitrogens is 3. The van der Waals surface area contributed by atoms with Crippen LogP contribution >= 0.6 is 11.3 Å². The van der Waals surface area contributed by atoms with Gasteiger partial charge in [0.15, 0.2) is 0 Å². The third kappa shape index (κ3) is 5.03. The molecule has 1 N–H and O–H groups in total. The number of piperidine rings is 1. The molecule has 0 spiro atoms. The Morgan fingerprint density at radius 1 is 1.12 bits per heavy atom. The summed E-state index contributed by atoms with van der Waals surface area (Å²) in [6, 6.07) is 18.2. The maximum absolute atomic E-state index is 12.8. The minimum atomic E-state index is -0.110.